The summed E-state index contributed by atoms with van der Waals surface area (Å²) in [5, 5.41) is 10.4. The van der Waals surface area contributed by atoms with E-state index >= 15 is 0 Å². The lowest BCUT2D eigenvalue weighted by Crippen LogP contribution is -2.33. The van der Waals surface area contributed by atoms with Gasteiger partial charge in [0, 0.05) is 22.6 Å². The zero-order valence-electron chi connectivity index (χ0n) is 16.2. The Balaban J connectivity index is 1.44. The third kappa shape index (κ3) is 2.86. The van der Waals surface area contributed by atoms with Crippen LogP contribution >= 0.6 is 11.6 Å². The molecule has 0 amide bonds. The molecule has 4 aromatic rings. The molecule has 0 unspecified atom stereocenters. The lowest BCUT2D eigenvalue weighted by molar-refractivity contribution is -0.0190. The fraction of sp³-hybridized carbons (Fsp3) is 0.115. The number of halogens is 1. The fourth-order valence-electron chi connectivity index (χ4n) is 4.42. The van der Waals surface area contributed by atoms with E-state index in [4.69, 9.17) is 21.4 Å². The Morgan fingerprint density at radius 1 is 0.833 bits per heavy atom. The molecule has 2 heterocycles. The molecule has 0 bridgehead atoms. The molecule has 0 saturated carbocycles. The molecule has 4 aromatic carbocycles. The number of rotatable bonds is 2. The molecule has 0 saturated heterocycles. The van der Waals surface area contributed by atoms with Crippen molar-refractivity contribution in [2.75, 3.05) is 0 Å². The zero-order chi connectivity index (χ0) is 20.1. The third-order valence-corrected chi connectivity index (χ3v) is 6.19. The Morgan fingerprint density at radius 2 is 1.60 bits per heavy atom. The predicted octanol–water partition coefficient (Wildman–Crippen LogP) is 6.74. The maximum atomic E-state index is 6.40. The highest BCUT2D eigenvalue weighted by molar-refractivity contribution is 6.30. The summed E-state index contributed by atoms with van der Waals surface area (Å²) in [5.41, 5.74) is 4.48. The summed E-state index contributed by atoms with van der Waals surface area (Å²) in [7, 11) is 0. The van der Waals surface area contributed by atoms with Crippen molar-refractivity contribution < 1.29 is 4.74 Å². The van der Waals surface area contributed by atoms with Gasteiger partial charge in [0.25, 0.3) is 0 Å². The van der Waals surface area contributed by atoms with E-state index in [1.165, 1.54) is 16.3 Å². The van der Waals surface area contributed by atoms with Crippen LogP contribution in [0.4, 0.5) is 0 Å². The van der Waals surface area contributed by atoms with Gasteiger partial charge in [0.2, 0.25) is 6.23 Å². The van der Waals surface area contributed by atoms with Crippen LogP contribution in [0.15, 0.2) is 96.1 Å². The minimum atomic E-state index is -0.278. The van der Waals surface area contributed by atoms with Crippen LogP contribution in [0, 0.1) is 0 Å². The largest absolute Gasteiger partial charge is 0.464 e. The first-order valence-corrected chi connectivity index (χ1v) is 10.5. The quantitative estimate of drug-likeness (QED) is 0.365. The van der Waals surface area contributed by atoms with Crippen molar-refractivity contribution in [3.8, 4) is 5.75 Å². The van der Waals surface area contributed by atoms with Gasteiger partial charge in [-0.2, -0.15) is 5.10 Å². The van der Waals surface area contributed by atoms with Gasteiger partial charge < -0.3 is 4.74 Å². The highest BCUT2D eigenvalue weighted by Gasteiger charge is 2.40. The SMILES string of the molecule is Clc1ccc([C@@H]2Oc3ccccc3[C@@H]3CC(c4ccc5ccccc5c4)=NN32)cc1. The van der Waals surface area contributed by atoms with Crippen molar-refractivity contribution in [3.63, 3.8) is 0 Å². The summed E-state index contributed by atoms with van der Waals surface area (Å²) in [4.78, 5) is 0. The molecule has 2 aliphatic heterocycles. The van der Waals surface area contributed by atoms with Crippen LogP contribution in [-0.4, -0.2) is 10.7 Å². The number of hydrazone groups is 1. The Hall–Kier alpha value is -3.30. The summed E-state index contributed by atoms with van der Waals surface area (Å²) in [6.07, 6.45) is 0.572. The van der Waals surface area contributed by atoms with Crippen molar-refractivity contribution in [1.29, 1.82) is 0 Å². The fourth-order valence-corrected chi connectivity index (χ4v) is 4.55. The summed E-state index contributed by atoms with van der Waals surface area (Å²) in [6, 6.07) is 31.3. The number of hydrogen-bond donors (Lipinski definition) is 0. The molecule has 146 valence electrons. The van der Waals surface area contributed by atoms with E-state index in [0.717, 1.165) is 29.0 Å². The molecule has 0 fully saturated rings. The maximum absolute atomic E-state index is 6.40. The number of ether oxygens (including phenoxy) is 1. The summed E-state index contributed by atoms with van der Waals surface area (Å²) >= 11 is 6.11. The minimum absolute atomic E-state index is 0.150. The molecule has 2 atom stereocenters. The Labute approximate surface area is 180 Å². The van der Waals surface area contributed by atoms with Gasteiger partial charge in [0.15, 0.2) is 0 Å². The van der Waals surface area contributed by atoms with Gasteiger partial charge in [-0.05, 0) is 40.6 Å². The first-order valence-electron chi connectivity index (χ1n) is 10.1. The third-order valence-electron chi connectivity index (χ3n) is 5.94. The van der Waals surface area contributed by atoms with Crippen LogP contribution < -0.4 is 4.74 Å². The standard InChI is InChI=1S/C26H19ClN2O/c27-21-13-11-18(12-14-21)26-29-24(22-7-3-4-8-25(22)30-26)16-23(28-29)20-10-9-17-5-1-2-6-19(17)15-20/h1-15,24,26H,16H2/t24-,26-/m0/s1. The van der Waals surface area contributed by atoms with Crippen LogP contribution in [0.5, 0.6) is 5.75 Å². The number of benzene rings is 4. The van der Waals surface area contributed by atoms with Gasteiger partial charge in [-0.25, -0.2) is 5.01 Å². The Bertz CT molecular complexity index is 1280. The first kappa shape index (κ1) is 17.5. The molecule has 30 heavy (non-hydrogen) atoms. The van der Waals surface area contributed by atoms with Gasteiger partial charge in [0.05, 0.1) is 11.8 Å². The van der Waals surface area contributed by atoms with E-state index in [1.54, 1.807) is 0 Å². The second-order valence-electron chi connectivity index (χ2n) is 7.77. The molecule has 2 aliphatic rings. The van der Waals surface area contributed by atoms with E-state index in [1.807, 2.05) is 36.4 Å². The number of fused-ring (bicyclic) bond motifs is 4. The van der Waals surface area contributed by atoms with E-state index in [0.29, 0.717) is 5.02 Å². The van der Waals surface area contributed by atoms with Gasteiger partial charge in [-0.1, -0.05) is 78.3 Å². The van der Waals surface area contributed by atoms with E-state index in [9.17, 15) is 0 Å². The average molecular weight is 411 g/mol. The lowest BCUT2D eigenvalue weighted by atomic mass is 9.95. The monoisotopic (exact) mass is 410 g/mol. The van der Waals surface area contributed by atoms with E-state index < -0.39 is 0 Å². The first-order chi connectivity index (χ1) is 14.8. The van der Waals surface area contributed by atoms with Crippen LogP contribution in [0.3, 0.4) is 0 Å². The molecule has 6 rings (SSSR count). The maximum Gasteiger partial charge on any atom is 0.213 e. The second-order valence-corrected chi connectivity index (χ2v) is 8.20. The smallest absolute Gasteiger partial charge is 0.213 e. The van der Waals surface area contributed by atoms with Gasteiger partial charge in [-0.15, -0.1) is 0 Å². The topological polar surface area (TPSA) is 24.8 Å². The van der Waals surface area contributed by atoms with Crippen molar-refractivity contribution in [3.05, 3.63) is 113 Å². The minimum Gasteiger partial charge on any atom is -0.464 e. The number of hydrogen-bond acceptors (Lipinski definition) is 3. The molecule has 0 spiro atoms. The summed E-state index contributed by atoms with van der Waals surface area (Å²) < 4.78 is 6.40. The number of para-hydroxylation sites is 1. The Morgan fingerprint density at radius 3 is 2.47 bits per heavy atom. The van der Waals surface area contributed by atoms with Crippen LogP contribution in [0.25, 0.3) is 10.8 Å². The molecular formula is C26H19ClN2O. The molecular weight excluding hydrogens is 392 g/mol. The predicted molar refractivity (Wildman–Crippen MR) is 121 cm³/mol. The molecule has 4 heteroatoms. The van der Waals surface area contributed by atoms with Crippen LogP contribution in [0.2, 0.25) is 5.02 Å². The molecule has 3 nitrogen and oxygen atoms in total. The van der Waals surface area contributed by atoms with Gasteiger partial charge >= 0.3 is 0 Å². The highest BCUT2D eigenvalue weighted by Crippen LogP contribution is 2.47. The second kappa shape index (κ2) is 6.89. The van der Waals surface area contributed by atoms with Crippen molar-refractivity contribution in [2.45, 2.75) is 18.7 Å². The van der Waals surface area contributed by atoms with Gasteiger partial charge in [-0.3, -0.25) is 0 Å². The Kier molecular flexibility index (Phi) is 4.03. The van der Waals surface area contributed by atoms with Crippen molar-refractivity contribution in [2.24, 2.45) is 5.10 Å². The van der Waals surface area contributed by atoms with E-state index in [2.05, 4.69) is 59.6 Å². The lowest BCUT2D eigenvalue weighted by Gasteiger charge is -2.38. The van der Waals surface area contributed by atoms with E-state index in [-0.39, 0.29) is 12.3 Å². The summed E-state index contributed by atoms with van der Waals surface area (Å²) in [5.74, 6) is 0.925. The number of nitrogens with zero attached hydrogens (tertiary/aromatic N) is 2. The average Bonchev–Trinajstić information content (AvgIpc) is 3.25. The molecule has 0 N–H and O–H groups in total. The highest BCUT2D eigenvalue weighted by atomic mass is 35.5. The molecule has 0 aliphatic carbocycles. The van der Waals surface area contributed by atoms with Crippen LogP contribution in [-0.2, 0) is 0 Å². The van der Waals surface area contributed by atoms with Crippen molar-refractivity contribution in [1.82, 2.24) is 5.01 Å². The summed E-state index contributed by atoms with van der Waals surface area (Å²) in [6.45, 7) is 0. The van der Waals surface area contributed by atoms with Gasteiger partial charge in [0.1, 0.15) is 5.75 Å². The van der Waals surface area contributed by atoms with Crippen LogP contribution in [0.1, 0.15) is 35.4 Å². The molecule has 0 aromatic heterocycles. The zero-order valence-corrected chi connectivity index (χ0v) is 17.0. The van der Waals surface area contributed by atoms with Crippen molar-refractivity contribution >= 4 is 28.1 Å². The molecule has 0 radical (unpaired) electrons. The normalized spacial score (nSPS) is 19.8.